The molecule has 24 heavy (non-hydrogen) atoms. The second-order valence-electron chi connectivity index (χ2n) is 5.26. The summed E-state index contributed by atoms with van der Waals surface area (Å²) in [6, 6.07) is 27.0. The Kier molecular flexibility index (Phi) is 5.18. The Labute approximate surface area is 146 Å². The van der Waals surface area contributed by atoms with Crippen molar-refractivity contribution < 1.29 is 4.79 Å². The SMILES string of the molecule is Nc1cccc(SCC(=O)N(c2ccccc2)c2ccccc2)c1. The van der Waals surface area contributed by atoms with Gasteiger partial charge in [0.25, 0.3) is 0 Å². The fourth-order valence-electron chi connectivity index (χ4n) is 2.41. The Morgan fingerprint density at radius 2 is 1.42 bits per heavy atom. The summed E-state index contributed by atoms with van der Waals surface area (Å²) in [4.78, 5) is 15.6. The van der Waals surface area contributed by atoms with Crippen LogP contribution in [0.5, 0.6) is 0 Å². The van der Waals surface area contributed by atoms with Gasteiger partial charge in [0.05, 0.1) is 5.75 Å². The van der Waals surface area contributed by atoms with E-state index in [-0.39, 0.29) is 5.91 Å². The molecule has 0 aliphatic heterocycles. The minimum atomic E-state index is 0.0276. The summed E-state index contributed by atoms with van der Waals surface area (Å²) in [5.74, 6) is 0.368. The first-order valence-electron chi connectivity index (χ1n) is 7.65. The standard InChI is InChI=1S/C20H18N2OS/c21-16-8-7-13-19(14-16)24-15-20(23)22(17-9-3-1-4-10-17)18-11-5-2-6-12-18/h1-14H,15,21H2. The molecule has 0 heterocycles. The molecule has 4 heteroatoms. The van der Waals surface area contributed by atoms with Crippen LogP contribution < -0.4 is 10.6 Å². The van der Waals surface area contributed by atoms with Crippen molar-refractivity contribution in [2.24, 2.45) is 0 Å². The van der Waals surface area contributed by atoms with E-state index in [2.05, 4.69) is 0 Å². The molecule has 1 amide bonds. The molecule has 0 unspecified atom stereocenters. The monoisotopic (exact) mass is 334 g/mol. The predicted molar refractivity (Wildman–Crippen MR) is 102 cm³/mol. The lowest BCUT2D eigenvalue weighted by Gasteiger charge is -2.23. The van der Waals surface area contributed by atoms with Crippen LogP contribution >= 0.6 is 11.8 Å². The Balaban J connectivity index is 1.82. The van der Waals surface area contributed by atoms with Gasteiger partial charge >= 0.3 is 0 Å². The number of nitrogens with zero attached hydrogens (tertiary/aromatic N) is 1. The average molecular weight is 334 g/mol. The van der Waals surface area contributed by atoms with Crippen LogP contribution in [0, 0.1) is 0 Å². The molecule has 0 saturated carbocycles. The van der Waals surface area contributed by atoms with Gasteiger partial charge in [0, 0.05) is 22.0 Å². The summed E-state index contributed by atoms with van der Waals surface area (Å²) < 4.78 is 0. The van der Waals surface area contributed by atoms with Gasteiger partial charge in [-0.2, -0.15) is 0 Å². The molecule has 0 radical (unpaired) electrons. The fourth-order valence-corrected chi connectivity index (χ4v) is 3.22. The zero-order valence-electron chi connectivity index (χ0n) is 13.1. The van der Waals surface area contributed by atoms with Crippen molar-refractivity contribution in [1.29, 1.82) is 0 Å². The maximum Gasteiger partial charge on any atom is 0.241 e. The van der Waals surface area contributed by atoms with Crippen molar-refractivity contribution in [3.05, 3.63) is 84.9 Å². The van der Waals surface area contributed by atoms with Crippen LogP contribution in [-0.2, 0) is 4.79 Å². The van der Waals surface area contributed by atoms with E-state index in [9.17, 15) is 4.79 Å². The van der Waals surface area contributed by atoms with Gasteiger partial charge in [-0.1, -0.05) is 42.5 Å². The maximum absolute atomic E-state index is 12.9. The molecule has 3 rings (SSSR count). The van der Waals surface area contributed by atoms with Gasteiger partial charge in [-0.15, -0.1) is 11.8 Å². The van der Waals surface area contributed by atoms with Crippen LogP contribution in [0.1, 0.15) is 0 Å². The van der Waals surface area contributed by atoms with E-state index in [1.54, 1.807) is 4.90 Å². The molecule has 2 N–H and O–H groups in total. The number of hydrogen-bond acceptors (Lipinski definition) is 3. The second-order valence-corrected chi connectivity index (χ2v) is 6.31. The molecule has 3 nitrogen and oxygen atoms in total. The van der Waals surface area contributed by atoms with E-state index in [1.165, 1.54) is 11.8 Å². The highest BCUT2D eigenvalue weighted by Crippen LogP contribution is 2.27. The number of carbonyl (C=O) groups is 1. The molecule has 3 aromatic rings. The van der Waals surface area contributed by atoms with Crippen molar-refractivity contribution in [2.45, 2.75) is 4.90 Å². The van der Waals surface area contributed by atoms with E-state index in [0.717, 1.165) is 16.3 Å². The van der Waals surface area contributed by atoms with Crippen LogP contribution in [0.3, 0.4) is 0 Å². The normalized spacial score (nSPS) is 10.3. The minimum absolute atomic E-state index is 0.0276. The molecule has 0 bridgehead atoms. The first-order valence-corrected chi connectivity index (χ1v) is 8.64. The van der Waals surface area contributed by atoms with Crippen molar-refractivity contribution >= 4 is 34.7 Å². The topological polar surface area (TPSA) is 46.3 Å². The molecule has 0 aliphatic rings. The Bertz CT molecular complexity index is 767. The van der Waals surface area contributed by atoms with Crippen LogP contribution in [0.4, 0.5) is 17.1 Å². The number of hydrogen-bond donors (Lipinski definition) is 1. The van der Waals surface area contributed by atoms with Gasteiger partial charge < -0.3 is 5.73 Å². The van der Waals surface area contributed by atoms with Crippen LogP contribution in [0.25, 0.3) is 0 Å². The molecule has 3 aromatic carbocycles. The number of nitrogens with two attached hydrogens (primary N) is 1. The van der Waals surface area contributed by atoms with E-state index < -0.39 is 0 Å². The smallest absolute Gasteiger partial charge is 0.241 e. The van der Waals surface area contributed by atoms with Crippen molar-refractivity contribution in [3.63, 3.8) is 0 Å². The minimum Gasteiger partial charge on any atom is -0.399 e. The third-order valence-electron chi connectivity index (χ3n) is 3.50. The molecule has 0 aliphatic carbocycles. The number of rotatable bonds is 5. The highest BCUT2D eigenvalue weighted by Gasteiger charge is 2.17. The number of para-hydroxylation sites is 2. The van der Waals surface area contributed by atoms with Crippen LogP contribution in [-0.4, -0.2) is 11.7 Å². The molecular formula is C20H18N2OS. The molecule has 0 saturated heterocycles. The van der Waals surface area contributed by atoms with Gasteiger partial charge in [-0.3, -0.25) is 9.69 Å². The summed E-state index contributed by atoms with van der Waals surface area (Å²) in [5.41, 5.74) is 8.23. The summed E-state index contributed by atoms with van der Waals surface area (Å²) in [7, 11) is 0. The molecule has 120 valence electrons. The van der Waals surface area contributed by atoms with Crippen LogP contribution in [0.2, 0.25) is 0 Å². The van der Waals surface area contributed by atoms with Gasteiger partial charge in [-0.05, 0) is 42.5 Å². The zero-order valence-corrected chi connectivity index (χ0v) is 13.9. The predicted octanol–water partition coefficient (Wildman–Crippen LogP) is 4.73. The Hall–Kier alpha value is -2.72. The number of nitrogen functional groups attached to an aromatic ring is 1. The second kappa shape index (κ2) is 7.70. The quantitative estimate of drug-likeness (QED) is 0.542. The van der Waals surface area contributed by atoms with Gasteiger partial charge in [0.1, 0.15) is 0 Å². The number of thioether (sulfide) groups is 1. The van der Waals surface area contributed by atoms with Crippen molar-refractivity contribution in [1.82, 2.24) is 0 Å². The number of carbonyl (C=O) groups excluding carboxylic acids is 1. The molecule has 0 atom stereocenters. The summed E-state index contributed by atoms with van der Waals surface area (Å²) in [6.07, 6.45) is 0. The molecular weight excluding hydrogens is 316 g/mol. The largest absolute Gasteiger partial charge is 0.399 e. The van der Waals surface area contributed by atoms with E-state index in [4.69, 9.17) is 5.73 Å². The van der Waals surface area contributed by atoms with Gasteiger partial charge in [0.2, 0.25) is 5.91 Å². The fraction of sp³-hybridized carbons (Fsp3) is 0.0500. The Morgan fingerprint density at radius 3 is 1.96 bits per heavy atom. The van der Waals surface area contributed by atoms with E-state index in [0.29, 0.717) is 11.4 Å². The highest BCUT2D eigenvalue weighted by atomic mass is 32.2. The van der Waals surface area contributed by atoms with E-state index in [1.807, 2.05) is 84.9 Å². The Morgan fingerprint density at radius 1 is 0.833 bits per heavy atom. The number of benzene rings is 3. The average Bonchev–Trinajstić information content (AvgIpc) is 2.62. The van der Waals surface area contributed by atoms with Crippen LogP contribution in [0.15, 0.2) is 89.8 Å². The lowest BCUT2D eigenvalue weighted by Crippen LogP contribution is -2.27. The highest BCUT2D eigenvalue weighted by molar-refractivity contribution is 8.00. The van der Waals surface area contributed by atoms with Gasteiger partial charge in [0.15, 0.2) is 0 Å². The number of amides is 1. The van der Waals surface area contributed by atoms with E-state index >= 15 is 0 Å². The zero-order chi connectivity index (χ0) is 16.8. The first-order chi connectivity index (χ1) is 11.7. The van der Waals surface area contributed by atoms with Gasteiger partial charge in [-0.25, -0.2) is 0 Å². The third-order valence-corrected chi connectivity index (χ3v) is 4.48. The summed E-state index contributed by atoms with van der Waals surface area (Å²) in [6.45, 7) is 0. The molecule has 0 fully saturated rings. The maximum atomic E-state index is 12.9. The number of anilines is 3. The lowest BCUT2D eigenvalue weighted by atomic mass is 10.2. The van der Waals surface area contributed by atoms with Crippen molar-refractivity contribution in [3.8, 4) is 0 Å². The molecule has 0 spiro atoms. The van der Waals surface area contributed by atoms with Crippen molar-refractivity contribution in [2.75, 3.05) is 16.4 Å². The molecule has 0 aromatic heterocycles. The first kappa shape index (κ1) is 16.1. The third kappa shape index (κ3) is 3.97. The lowest BCUT2D eigenvalue weighted by molar-refractivity contribution is -0.115. The summed E-state index contributed by atoms with van der Waals surface area (Å²) >= 11 is 1.49. The summed E-state index contributed by atoms with van der Waals surface area (Å²) in [5, 5.41) is 0.